The van der Waals surface area contributed by atoms with E-state index in [0.29, 0.717) is 6.42 Å². The first kappa shape index (κ1) is 12.4. The van der Waals surface area contributed by atoms with Crippen molar-refractivity contribution >= 4 is 17.5 Å². The normalized spacial score (nSPS) is 24.8. The number of hydrogen-bond donors (Lipinski definition) is 0. The van der Waals surface area contributed by atoms with Gasteiger partial charge in [-0.3, -0.25) is 4.79 Å². The highest BCUT2D eigenvalue weighted by atomic mass is 35.5. The summed E-state index contributed by atoms with van der Waals surface area (Å²) in [5.41, 5.74) is 1.17. The van der Waals surface area contributed by atoms with Gasteiger partial charge in [-0.15, -0.1) is 0 Å². The maximum absolute atomic E-state index is 12.0. The molecule has 2 rings (SSSR count). The smallest absolute Gasteiger partial charge is 0.223 e. The van der Waals surface area contributed by atoms with E-state index in [2.05, 4.69) is 26.8 Å². The monoisotopic (exact) mass is 251 g/mol. The molecule has 1 saturated heterocycles. The summed E-state index contributed by atoms with van der Waals surface area (Å²) in [7, 11) is 0. The molecule has 1 aliphatic rings. The highest BCUT2D eigenvalue weighted by Gasteiger charge is 2.38. The van der Waals surface area contributed by atoms with Gasteiger partial charge in [0.05, 0.1) is 0 Å². The Labute approximate surface area is 108 Å². The molecule has 92 valence electrons. The minimum Gasteiger partial charge on any atom is -0.337 e. The van der Waals surface area contributed by atoms with Gasteiger partial charge in [-0.25, -0.2) is 0 Å². The Morgan fingerprint density at radius 2 is 2.12 bits per heavy atom. The fraction of sp³-hybridized carbons (Fsp3) is 0.500. The number of carbonyl (C=O) groups excluding carboxylic acids is 1. The van der Waals surface area contributed by atoms with Crippen LogP contribution in [0.25, 0.3) is 0 Å². The van der Waals surface area contributed by atoms with Crippen LogP contribution in [0.5, 0.6) is 0 Å². The summed E-state index contributed by atoms with van der Waals surface area (Å²) >= 11 is 6.01. The van der Waals surface area contributed by atoms with Crippen LogP contribution in [-0.2, 0) is 4.79 Å². The molecule has 1 aromatic carbocycles. The van der Waals surface area contributed by atoms with Gasteiger partial charge in [-0.2, -0.15) is 0 Å². The average Bonchev–Trinajstić information content (AvgIpc) is 2.54. The second kappa shape index (κ2) is 4.69. The van der Waals surface area contributed by atoms with Crippen molar-refractivity contribution in [1.29, 1.82) is 0 Å². The van der Waals surface area contributed by atoms with E-state index in [1.807, 2.05) is 23.1 Å². The summed E-state index contributed by atoms with van der Waals surface area (Å²) < 4.78 is 0. The van der Waals surface area contributed by atoms with Crippen molar-refractivity contribution < 1.29 is 4.79 Å². The lowest BCUT2D eigenvalue weighted by atomic mass is 9.92. The van der Waals surface area contributed by atoms with Crippen LogP contribution in [0.1, 0.15) is 38.7 Å². The Bertz CT molecular complexity index is 430. The number of benzene rings is 1. The largest absolute Gasteiger partial charge is 0.337 e. The second-order valence-corrected chi connectivity index (χ2v) is 5.44. The molecule has 1 aliphatic heterocycles. The zero-order chi connectivity index (χ0) is 12.6. The van der Waals surface area contributed by atoms with Crippen molar-refractivity contribution in [3.05, 3.63) is 34.9 Å². The van der Waals surface area contributed by atoms with Gasteiger partial charge in [0, 0.05) is 29.4 Å². The van der Waals surface area contributed by atoms with Crippen LogP contribution < -0.4 is 0 Å². The first-order valence-electron chi connectivity index (χ1n) is 6.07. The molecule has 1 amide bonds. The molecule has 0 aromatic heterocycles. The predicted molar refractivity (Wildman–Crippen MR) is 70.3 cm³/mol. The van der Waals surface area contributed by atoms with Crippen LogP contribution in [0.15, 0.2) is 24.3 Å². The third kappa shape index (κ3) is 2.32. The molecule has 17 heavy (non-hydrogen) atoms. The molecule has 2 nitrogen and oxygen atoms in total. The molecule has 1 fully saturated rings. The van der Waals surface area contributed by atoms with Gasteiger partial charge < -0.3 is 4.90 Å². The van der Waals surface area contributed by atoms with Crippen LogP contribution in [0.2, 0.25) is 5.02 Å². The molecule has 0 spiro atoms. The number of rotatable bonds is 2. The fourth-order valence-electron chi connectivity index (χ4n) is 2.78. The lowest BCUT2D eigenvalue weighted by Gasteiger charge is -2.28. The van der Waals surface area contributed by atoms with Gasteiger partial charge >= 0.3 is 0 Å². The van der Waals surface area contributed by atoms with E-state index in [4.69, 9.17) is 11.6 Å². The molecule has 0 N–H and O–H groups in total. The molecule has 0 radical (unpaired) electrons. The lowest BCUT2D eigenvalue weighted by Crippen LogP contribution is -2.38. The van der Waals surface area contributed by atoms with Crippen molar-refractivity contribution in [1.82, 2.24) is 4.90 Å². The minimum absolute atomic E-state index is 0.248. The summed E-state index contributed by atoms with van der Waals surface area (Å²) in [5, 5.41) is 0.741. The SMILES string of the molecule is CC(C)N1C(=O)C[C@H](c2cccc(Cl)c2)[C@@H]1C. The maximum atomic E-state index is 12.0. The van der Waals surface area contributed by atoms with Crippen molar-refractivity contribution in [2.24, 2.45) is 0 Å². The predicted octanol–water partition coefficient (Wildman–Crippen LogP) is 3.45. The molecule has 0 bridgehead atoms. The van der Waals surface area contributed by atoms with Crippen LogP contribution in [0.3, 0.4) is 0 Å². The summed E-state index contributed by atoms with van der Waals surface area (Å²) in [6, 6.07) is 8.37. The van der Waals surface area contributed by atoms with E-state index in [1.54, 1.807) is 0 Å². The number of hydrogen-bond acceptors (Lipinski definition) is 1. The topological polar surface area (TPSA) is 20.3 Å². The third-order valence-corrected chi connectivity index (χ3v) is 3.77. The molecular formula is C14H18ClNO. The number of amides is 1. The number of nitrogens with zero attached hydrogens (tertiary/aromatic N) is 1. The van der Waals surface area contributed by atoms with Crippen LogP contribution in [0.4, 0.5) is 0 Å². The first-order chi connectivity index (χ1) is 8.00. The quantitative estimate of drug-likeness (QED) is 0.788. The van der Waals surface area contributed by atoms with Gasteiger partial charge in [0.2, 0.25) is 5.91 Å². The number of halogens is 1. The molecule has 0 aliphatic carbocycles. The minimum atomic E-state index is 0.248. The van der Waals surface area contributed by atoms with Crippen LogP contribution >= 0.6 is 11.6 Å². The average molecular weight is 252 g/mol. The number of carbonyl (C=O) groups is 1. The standard InChI is InChI=1S/C14H18ClNO/c1-9(2)16-10(3)13(8-14(16)17)11-5-4-6-12(15)7-11/h4-7,9-10,13H,8H2,1-3H3/t10-,13-/m0/s1. The fourth-order valence-corrected chi connectivity index (χ4v) is 2.98. The molecule has 3 heteroatoms. The number of likely N-dealkylation sites (tertiary alicyclic amines) is 1. The van der Waals surface area contributed by atoms with Crippen molar-refractivity contribution in [2.45, 2.75) is 45.2 Å². The molecule has 1 aromatic rings. The zero-order valence-electron chi connectivity index (χ0n) is 10.5. The highest BCUT2D eigenvalue weighted by molar-refractivity contribution is 6.30. The Kier molecular flexibility index (Phi) is 3.43. The van der Waals surface area contributed by atoms with Crippen LogP contribution in [0, 0.1) is 0 Å². The van der Waals surface area contributed by atoms with Crippen molar-refractivity contribution in [3.8, 4) is 0 Å². The zero-order valence-corrected chi connectivity index (χ0v) is 11.2. The summed E-state index contributed by atoms with van der Waals surface area (Å²) in [4.78, 5) is 14.0. The third-order valence-electron chi connectivity index (χ3n) is 3.54. The molecule has 0 saturated carbocycles. The van der Waals surface area contributed by atoms with E-state index >= 15 is 0 Å². The highest BCUT2D eigenvalue weighted by Crippen LogP contribution is 2.36. The van der Waals surface area contributed by atoms with Gasteiger partial charge in [-0.05, 0) is 38.5 Å². The first-order valence-corrected chi connectivity index (χ1v) is 6.45. The van der Waals surface area contributed by atoms with Crippen LogP contribution in [-0.4, -0.2) is 22.9 Å². The lowest BCUT2D eigenvalue weighted by molar-refractivity contribution is -0.130. The van der Waals surface area contributed by atoms with E-state index in [0.717, 1.165) is 5.02 Å². The summed E-state index contributed by atoms with van der Waals surface area (Å²) in [5.74, 6) is 0.515. The van der Waals surface area contributed by atoms with Crippen molar-refractivity contribution in [3.63, 3.8) is 0 Å². The van der Waals surface area contributed by atoms with Gasteiger partial charge in [-0.1, -0.05) is 23.7 Å². The second-order valence-electron chi connectivity index (χ2n) is 5.00. The van der Waals surface area contributed by atoms with E-state index in [1.165, 1.54) is 5.56 Å². The molecule has 0 unspecified atom stereocenters. The van der Waals surface area contributed by atoms with Gasteiger partial charge in [0.1, 0.15) is 0 Å². The summed E-state index contributed by atoms with van der Waals surface area (Å²) in [6.07, 6.45) is 0.597. The van der Waals surface area contributed by atoms with Crippen molar-refractivity contribution in [2.75, 3.05) is 0 Å². The van der Waals surface area contributed by atoms with Gasteiger partial charge in [0.15, 0.2) is 0 Å². The van der Waals surface area contributed by atoms with E-state index in [9.17, 15) is 4.79 Å². The Balaban J connectivity index is 2.27. The van der Waals surface area contributed by atoms with Gasteiger partial charge in [0.25, 0.3) is 0 Å². The molecule has 2 atom stereocenters. The molecule has 1 heterocycles. The Hall–Kier alpha value is -1.02. The molecular weight excluding hydrogens is 234 g/mol. The summed E-state index contributed by atoms with van der Waals surface area (Å²) in [6.45, 7) is 6.25. The van der Waals surface area contributed by atoms with E-state index in [-0.39, 0.29) is 23.9 Å². The maximum Gasteiger partial charge on any atom is 0.223 e. The Morgan fingerprint density at radius 1 is 1.41 bits per heavy atom. The van der Waals surface area contributed by atoms with E-state index < -0.39 is 0 Å². The Morgan fingerprint density at radius 3 is 2.65 bits per heavy atom.